The van der Waals surface area contributed by atoms with Crippen LogP contribution in [0.1, 0.15) is 53.5 Å². The van der Waals surface area contributed by atoms with E-state index in [1.165, 1.54) is 32.9 Å². The maximum Gasteiger partial charge on any atom is 0.407 e. The number of ether oxygens (including phenoxy) is 1. The number of amides is 3. The third-order valence-corrected chi connectivity index (χ3v) is 4.75. The lowest BCUT2D eigenvalue weighted by atomic mass is 9.96. The molecule has 1 aromatic rings. The van der Waals surface area contributed by atoms with Crippen molar-refractivity contribution in [2.75, 3.05) is 5.32 Å². The van der Waals surface area contributed by atoms with E-state index in [4.69, 9.17) is 10.5 Å². The molecule has 4 atom stereocenters. The first-order valence-corrected chi connectivity index (χ1v) is 11.0. The lowest BCUT2D eigenvalue weighted by molar-refractivity contribution is -0.141. The minimum atomic E-state index is -1.00. The molecule has 34 heavy (non-hydrogen) atoms. The summed E-state index contributed by atoms with van der Waals surface area (Å²) in [7, 11) is 0. The number of aliphatic carboxylic acids is 1. The Kier molecular flexibility index (Phi) is 10.3. The number of carbonyl (C=O) groups is 4. The number of aromatic hydroxyl groups is 1. The molecule has 1 aromatic carbocycles. The number of carboxylic acids is 1. The van der Waals surface area contributed by atoms with Crippen LogP contribution in [0.2, 0.25) is 0 Å². The van der Waals surface area contributed by atoms with E-state index in [9.17, 15) is 29.4 Å². The van der Waals surface area contributed by atoms with Gasteiger partial charge < -0.3 is 36.6 Å². The first-order valence-electron chi connectivity index (χ1n) is 11.0. The predicted octanol–water partition coefficient (Wildman–Crippen LogP) is 1.73. The fourth-order valence-corrected chi connectivity index (χ4v) is 2.94. The highest BCUT2D eigenvalue weighted by molar-refractivity contribution is 5.98. The Labute approximate surface area is 199 Å². The zero-order valence-corrected chi connectivity index (χ0v) is 20.5. The minimum absolute atomic E-state index is 0.103. The first-order chi connectivity index (χ1) is 15.6. The standard InChI is InChI=1S/C23H36N4O7/c1-12(21(31)32)9-16(26-22(33)34-23(4,5)6)10-15-7-8-18(28)17(11-15)27-20(30)14(3)25-19(29)13(2)24/h7-8,11-14,16,28H,9-10,24H2,1-6H3,(H,25,29)(H,26,33)(H,27,30)(H,31,32)/t12-,13-,14-,16+/m0/s1. The highest BCUT2D eigenvalue weighted by Crippen LogP contribution is 2.26. The number of nitrogens with two attached hydrogens (primary N) is 1. The molecule has 3 amide bonds. The normalized spacial score (nSPS) is 14.8. The van der Waals surface area contributed by atoms with Gasteiger partial charge in [0.15, 0.2) is 0 Å². The molecule has 0 aliphatic heterocycles. The second-order valence-corrected chi connectivity index (χ2v) is 9.38. The third-order valence-electron chi connectivity index (χ3n) is 4.75. The second kappa shape index (κ2) is 12.2. The molecular weight excluding hydrogens is 444 g/mol. The summed E-state index contributed by atoms with van der Waals surface area (Å²) in [6, 6.07) is 2.22. The van der Waals surface area contributed by atoms with E-state index in [0.29, 0.717) is 5.56 Å². The van der Waals surface area contributed by atoms with Crippen LogP contribution in [0.5, 0.6) is 5.75 Å². The minimum Gasteiger partial charge on any atom is -0.506 e. The van der Waals surface area contributed by atoms with Gasteiger partial charge in [0.2, 0.25) is 11.8 Å². The lowest BCUT2D eigenvalue weighted by Crippen LogP contribution is -2.47. The van der Waals surface area contributed by atoms with Crippen molar-refractivity contribution in [2.24, 2.45) is 11.7 Å². The van der Waals surface area contributed by atoms with Crippen LogP contribution in [-0.2, 0) is 25.5 Å². The average Bonchev–Trinajstić information content (AvgIpc) is 2.68. The van der Waals surface area contributed by atoms with Crippen LogP contribution in [0, 0.1) is 5.92 Å². The van der Waals surface area contributed by atoms with Crippen molar-refractivity contribution < 1.29 is 34.1 Å². The van der Waals surface area contributed by atoms with Crippen molar-refractivity contribution in [2.45, 2.75) is 78.1 Å². The van der Waals surface area contributed by atoms with Gasteiger partial charge in [-0.3, -0.25) is 14.4 Å². The van der Waals surface area contributed by atoms with Gasteiger partial charge in [-0.05, 0) is 65.2 Å². The van der Waals surface area contributed by atoms with E-state index >= 15 is 0 Å². The molecular formula is C23H36N4O7. The number of carboxylic acid groups (broad SMARTS) is 1. The van der Waals surface area contributed by atoms with E-state index in [1.807, 2.05) is 0 Å². The smallest absolute Gasteiger partial charge is 0.407 e. The summed E-state index contributed by atoms with van der Waals surface area (Å²) in [6.07, 6.45) is -0.324. The molecule has 0 saturated heterocycles. The van der Waals surface area contributed by atoms with Crippen LogP contribution < -0.4 is 21.7 Å². The Morgan fingerprint density at radius 2 is 1.68 bits per heavy atom. The quantitative estimate of drug-likeness (QED) is 0.274. The monoisotopic (exact) mass is 480 g/mol. The molecule has 7 N–H and O–H groups in total. The molecule has 0 heterocycles. The summed E-state index contributed by atoms with van der Waals surface area (Å²) in [5.41, 5.74) is 5.49. The highest BCUT2D eigenvalue weighted by atomic mass is 16.6. The molecule has 0 aliphatic carbocycles. The molecule has 0 fully saturated rings. The molecule has 0 aromatic heterocycles. The molecule has 190 valence electrons. The molecule has 0 unspecified atom stereocenters. The van der Waals surface area contributed by atoms with Crippen molar-refractivity contribution in [1.29, 1.82) is 0 Å². The maximum atomic E-state index is 12.4. The lowest BCUT2D eigenvalue weighted by Gasteiger charge is -2.25. The van der Waals surface area contributed by atoms with Gasteiger partial charge in [-0.1, -0.05) is 13.0 Å². The van der Waals surface area contributed by atoms with Crippen molar-refractivity contribution >= 4 is 29.6 Å². The summed E-state index contributed by atoms with van der Waals surface area (Å²) in [5.74, 6) is -2.99. The average molecular weight is 481 g/mol. The number of alkyl carbamates (subject to hydrolysis) is 1. The third kappa shape index (κ3) is 10.1. The van der Waals surface area contributed by atoms with Gasteiger partial charge in [-0.25, -0.2) is 4.79 Å². The predicted molar refractivity (Wildman–Crippen MR) is 126 cm³/mol. The Bertz CT molecular complexity index is 896. The van der Waals surface area contributed by atoms with E-state index < -0.39 is 53.5 Å². The molecule has 1 rings (SSSR count). The summed E-state index contributed by atoms with van der Waals surface area (Å²) in [5, 5.41) is 27.2. The van der Waals surface area contributed by atoms with Crippen LogP contribution in [-0.4, -0.2) is 57.8 Å². The number of rotatable bonds is 10. The number of hydrogen-bond acceptors (Lipinski definition) is 7. The number of nitrogens with one attached hydrogen (secondary N) is 3. The van der Waals surface area contributed by atoms with Gasteiger partial charge in [0.1, 0.15) is 17.4 Å². The number of anilines is 1. The van der Waals surface area contributed by atoms with Gasteiger partial charge >= 0.3 is 12.1 Å². The molecule has 0 bridgehead atoms. The van der Waals surface area contributed by atoms with E-state index in [0.717, 1.165) is 0 Å². The van der Waals surface area contributed by atoms with E-state index in [-0.39, 0.29) is 24.3 Å². The number of phenols is 1. The van der Waals surface area contributed by atoms with E-state index in [1.54, 1.807) is 26.8 Å². The zero-order chi connectivity index (χ0) is 26.2. The Morgan fingerprint density at radius 3 is 2.21 bits per heavy atom. The molecule has 0 spiro atoms. The number of benzene rings is 1. The highest BCUT2D eigenvalue weighted by Gasteiger charge is 2.24. The number of phenolic OH excluding ortho intramolecular Hbond substituents is 1. The van der Waals surface area contributed by atoms with Crippen LogP contribution in [0.15, 0.2) is 18.2 Å². The van der Waals surface area contributed by atoms with Crippen molar-refractivity contribution in [3.05, 3.63) is 23.8 Å². The summed E-state index contributed by atoms with van der Waals surface area (Å²) < 4.78 is 5.28. The molecule has 0 radical (unpaired) electrons. The Hall–Kier alpha value is -3.34. The van der Waals surface area contributed by atoms with Crippen molar-refractivity contribution in [3.63, 3.8) is 0 Å². The zero-order valence-electron chi connectivity index (χ0n) is 20.5. The van der Waals surface area contributed by atoms with Gasteiger partial charge in [0.05, 0.1) is 17.6 Å². The second-order valence-electron chi connectivity index (χ2n) is 9.38. The Balaban J connectivity index is 3.00. The van der Waals surface area contributed by atoms with E-state index in [2.05, 4.69) is 16.0 Å². The SMILES string of the molecule is C[C@H](N)C(=O)N[C@@H](C)C(=O)Nc1cc(C[C@@H](C[C@H](C)C(=O)O)NC(=O)OC(C)(C)C)ccc1O. The molecule has 0 saturated carbocycles. The van der Waals surface area contributed by atoms with Gasteiger partial charge in [-0.2, -0.15) is 0 Å². The largest absolute Gasteiger partial charge is 0.506 e. The molecule has 0 aliphatic rings. The summed E-state index contributed by atoms with van der Waals surface area (Å²) in [6.45, 7) is 9.65. The van der Waals surface area contributed by atoms with Crippen LogP contribution >= 0.6 is 0 Å². The van der Waals surface area contributed by atoms with Crippen LogP contribution in [0.25, 0.3) is 0 Å². The van der Waals surface area contributed by atoms with Crippen molar-refractivity contribution in [3.8, 4) is 5.75 Å². The van der Waals surface area contributed by atoms with Crippen LogP contribution in [0.4, 0.5) is 10.5 Å². The topological polar surface area (TPSA) is 180 Å². The summed E-state index contributed by atoms with van der Waals surface area (Å²) in [4.78, 5) is 47.8. The number of carbonyl (C=O) groups excluding carboxylic acids is 3. The number of hydrogen-bond donors (Lipinski definition) is 6. The molecule has 11 heteroatoms. The van der Waals surface area contributed by atoms with Crippen molar-refractivity contribution in [1.82, 2.24) is 10.6 Å². The van der Waals surface area contributed by atoms with Gasteiger partial charge in [-0.15, -0.1) is 0 Å². The summed E-state index contributed by atoms with van der Waals surface area (Å²) >= 11 is 0. The Morgan fingerprint density at radius 1 is 1.06 bits per heavy atom. The molecule has 11 nitrogen and oxygen atoms in total. The fourth-order valence-electron chi connectivity index (χ4n) is 2.94. The van der Waals surface area contributed by atoms with Gasteiger partial charge in [0, 0.05) is 6.04 Å². The van der Waals surface area contributed by atoms with Crippen LogP contribution in [0.3, 0.4) is 0 Å². The van der Waals surface area contributed by atoms with Gasteiger partial charge in [0.25, 0.3) is 0 Å². The first kappa shape index (κ1) is 28.7. The fraction of sp³-hybridized carbons (Fsp3) is 0.565. The maximum absolute atomic E-state index is 12.4.